The average molecular weight is 213 g/mol. The molecule has 0 saturated carbocycles. The van der Waals surface area contributed by atoms with Gasteiger partial charge in [0.15, 0.2) is 0 Å². The van der Waals surface area contributed by atoms with Gasteiger partial charge in [0.05, 0.1) is 0 Å². The van der Waals surface area contributed by atoms with Crippen LogP contribution in [0.2, 0.25) is 0 Å². The van der Waals surface area contributed by atoms with Crippen molar-refractivity contribution in [1.29, 1.82) is 0 Å². The molecular formula is C14H15NO. The molecule has 0 fully saturated rings. The van der Waals surface area contributed by atoms with E-state index >= 15 is 0 Å². The van der Waals surface area contributed by atoms with Crippen LogP contribution >= 0.6 is 0 Å². The Balaban J connectivity index is 2.27. The summed E-state index contributed by atoms with van der Waals surface area (Å²) in [4.78, 5) is 0. The fraction of sp³-hybridized carbons (Fsp3) is 0.143. The molecular weight excluding hydrogens is 198 g/mol. The summed E-state index contributed by atoms with van der Waals surface area (Å²) in [5.74, 6) is 0.334. The Hall–Kier alpha value is -1.80. The van der Waals surface area contributed by atoms with E-state index in [1.165, 1.54) is 5.56 Å². The molecule has 0 heterocycles. The van der Waals surface area contributed by atoms with Gasteiger partial charge in [-0.1, -0.05) is 42.5 Å². The van der Waals surface area contributed by atoms with Gasteiger partial charge in [-0.3, -0.25) is 0 Å². The highest BCUT2D eigenvalue weighted by atomic mass is 16.3. The lowest BCUT2D eigenvalue weighted by atomic mass is 10.0. The fourth-order valence-corrected chi connectivity index (χ4v) is 1.72. The number of hydrogen-bond acceptors (Lipinski definition) is 2. The van der Waals surface area contributed by atoms with Crippen LogP contribution in [-0.2, 0) is 13.0 Å². The number of rotatable bonds is 3. The molecule has 0 spiro atoms. The smallest absolute Gasteiger partial charge is 0.119 e. The Morgan fingerprint density at radius 1 is 0.938 bits per heavy atom. The third-order valence-electron chi connectivity index (χ3n) is 2.62. The van der Waals surface area contributed by atoms with E-state index in [0.29, 0.717) is 12.3 Å². The van der Waals surface area contributed by atoms with Gasteiger partial charge < -0.3 is 10.8 Å². The number of nitrogens with two attached hydrogens (primary N) is 1. The van der Waals surface area contributed by atoms with E-state index in [4.69, 9.17) is 5.73 Å². The van der Waals surface area contributed by atoms with Gasteiger partial charge in [0.1, 0.15) is 5.75 Å². The molecule has 2 aromatic carbocycles. The molecule has 0 atom stereocenters. The number of benzene rings is 2. The molecule has 0 saturated heterocycles. The van der Waals surface area contributed by atoms with Crippen molar-refractivity contribution < 1.29 is 5.11 Å². The molecule has 0 bridgehead atoms. The summed E-state index contributed by atoms with van der Waals surface area (Å²) in [6.07, 6.45) is 0.737. The molecule has 2 nitrogen and oxygen atoms in total. The zero-order chi connectivity index (χ0) is 11.4. The predicted octanol–water partition coefficient (Wildman–Crippen LogP) is 2.44. The number of aromatic hydroxyl groups is 1. The maximum absolute atomic E-state index is 9.75. The Kier molecular flexibility index (Phi) is 3.22. The lowest BCUT2D eigenvalue weighted by Crippen LogP contribution is -1.98. The van der Waals surface area contributed by atoms with Crippen LogP contribution < -0.4 is 5.73 Å². The van der Waals surface area contributed by atoms with Crippen molar-refractivity contribution in [2.75, 3.05) is 0 Å². The highest BCUT2D eigenvalue weighted by Gasteiger charge is 2.03. The first-order valence-electron chi connectivity index (χ1n) is 5.34. The first-order valence-corrected chi connectivity index (χ1v) is 5.34. The molecule has 0 aromatic heterocycles. The van der Waals surface area contributed by atoms with Crippen LogP contribution in [0.1, 0.15) is 16.7 Å². The van der Waals surface area contributed by atoms with Crippen molar-refractivity contribution in [2.24, 2.45) is 5.73 Å². The van der Waals surface area contributed by atoms with Gasteiger partial charge in [-0.05, 0) is 22.8 Å². The van der Waals surface area contributed by atoms with E-state index in [1.807, 2.05) is 30.3 Å². The van der Waals surface area contributed by atoms with Gasteiger partial charge in [0, 0.05) is 13.0 Å². The van der Waals surface area contributed by atoms with Crippen molar-refractivity contribution in [1.82, 2.24) is 0 Å². The van der Waals surface area contributed by atoms with Crippen molar-refractivity contribution >= 4 is 0 Å². The summed E-state index contributed by atoms with van der Waals surface area (Å²) < 4.78 is 0. The van der Waals surface area contributed by atoms with E-state index in [2.05, 4.69) is 12.1 Å². The molecule has 0 aliphatic heterocycles. The Morgan fingerprint density at radius 3 is 2.38 bits per heavy atom. The summed E-state index contributed by atoms with van der Waals surface area (Å²) in [5.41, 5.74) is 8.74. The van der Waals surface area contributed by atoms with Gasteiger partial charge in [-0.15, -0.1) is 0 Å². The minimum atomic E-state index is 0.334. The Bertz CT molecular complexity index is 465. The molecule has 0 aliphatic carbocycles. The highest BCUT2D eigenvalue weighted by molar-refractivity contribution is 5.39. The van der Waals surface area contributed by atoms with Crippen molar-refractivity contribution in [3.05, 3.63) is 65.2 Å². The van der Waals surface area contributed by atoms with Gasteiger partial charge in [-0.25, -0.2) is 0 Å². The summed E-state index contributed by atoms with van der Waals surface area (Å²) in [6, 6.07) is 15.6. The second kappa shape index (κ2) is 4.81. The molecule has 0 aliphatic rings. The third kappa shape index (κ3) is 2.41. The largest absolute Gasteiger partial charge is 0.508 e. The molecule has 2 heteroatoms. The topological polar surface area (TPSA) is 46.2 Å². The van der Waals surface area contributed by atoms with Gasteiger partial charge >= 0.3 is 0 Å². The van der Waals surface area contributed by atoms with Crippen molar-refractivity contribution in [3.63, 3.8) is 0 Å². The van der Waals surface area contributed by atoms with Crippen LogP contribution in [0.15, 0.2) is 48.5 Å². The van der Waals surface area contributed by atoms with Gasteiger partial charge in [-0.2, -0.15) is 0 Å². The number of hydrogen-bond donors (Lipinski definition) is 2. The normalized spacial score (nSPS) is 10.3. The van der Waals surface area contributed by atoms with Crippen molar-refractivity contribution in [2.45, 2.75) is 13.0 Å². The van der Waals surface area contributed by atoms with E-state index in [-0.39, 0.29) is 0 Å². The van der Waals surface area contributed by atoms with Crippen LogP contribution in [0.4, 0.5) is 0 Å². The summed E-state index contributed by atoms with van der Waals surface area (Å²) in [7, 11) is 0. The summed E-state index contributed by atoms with van der Waals surface area (Å²) >= 11 is 0. The van der Waals surface area contributed by atoms with E-state index in [0.717, 1.165) is 17.5 Å². The first kappa shape index (κ1) is 10.7. The number of phenolic OH excluding ortho intramolecular Hbond substituents is 1. The molecule has 0 amide bonds. The van der Waals surface area contributed by atoms with Crippen LogP contribution in [0.25, 0.3) is 0 Å². The SMILES string of the molecule is NCc1ccc(O)c(Cc2ccccc2)c1. The fourth-order valence-electron chi connectivity index (χ4n) is 1.72. The molecule has 0 unspecified atom stereocenters. The van der Waals surface area contributed by atoms with Crippen LogP contribution in [0, 0.1) is 0 Å². The first-order chi connectivity index (χ1) is 7.79. The zero-order valence-electron chi connectivity index (χ0n) is 9.06. The maximum Gasteiger partial charge on any atom is 0.119 e. The summed E-state index contributed by atoms with van der Waals surface area (Å²) in [6.45, 7) is 0.502. The molecule has 16 heavy (non-hydrogen) atoms. The lowest BCUT2D eigenvalue weighted by molar-refractivity contribution is 0.469. The minimum absolute atomic E-state index is 0.334. The lowest BCUT2D eigenvalue weighted by Gasteiger charge is -2.06. The molecule has 3 N–H and O–H groups in total. The average Bonchev–Trinajstić information content (AvgIpc) is 2.33. The van der Waals surface area contributed by atoms with E-state index in [9.17, 15) is 5.11 Å². The highest BCUT2D eigenvalue weighted by Crippen LogP contribution is 2.21. The monoisotopic (exact) mass is 213 g/mol. The van der Waals surface area contributed by atoms with Gasteiger partial charge in [0.25, 0.3) is 0 Å². The molecule has 2 rings (SSSR count). The molecule has 2 aromatic rings. The van der Waals surface area contributed by atoms with Crippen LogP contribution in [0.5, 0.6) is 5.75 Å². The zero-order valence-corrected chi connectivity index (χ0v) is 9.06. The van der Waals surface area contributed by atoms with E-state index in [1.54, 1.807) is 6.07 Å². The standard InChI is InChI=1S/C14H15NO/c15-10-12-6-7-14(16)13(9-12)8-11-4-2-1-3-5-11/h1-7,9,16H,8,10,15H2. The minimum Gasteiger partial charge on any atom is -0.508 e. The molecule has 0 radical (unpaired) electrons. The van der Waals surface area contributed by atoms with Crippen molar-refractivity contribution in [3.8, 4) is 5.75 Å². The van der Waals surface area contributed by atoms with E-state index < -0.39 is 0 Å². The second-order valence-corrected chi connectivity index (χ2v) is 3.83. The quantitative estimate of drug-likeness (QED) is 0.822. The molecule has 82 valence electrons. The third-order valence-corrected chi connectivity index (χ3v) is 2.62. The Labute approximate surface area is 95.4 Å². The summed E-state index contributed by atoms with van der Waals surface area (Å²) in [5, 5.41) is 9.75. The van der Waals surface area contributed by atoms with Crippen LogP contribution in [0.3, 0.4) is 0 Å². The predicted molar refractivity (Wildman–Crippen MR) is 65.2 cm³/mol. The van der Waals surface area contributed by atoms with Gasteiger partial charge in [0.2, 0.25) is 0 Å². The number of phenols is 1. The maximum atomic E-state index is 9.75. The second-order valence-electron chi connectivity index (χ2n) is 3.83. The Morgan fingerprint density at radius 2 is 1.69 bits per heavy atom. The van der Waals surface area contributed by atoms with Crippen LogP contribution in [-0.4, -0.2) is 5.11 Å².